The van der Waals surface area contributed by atoms with Gasteiger partial charge in [-0.2, -0.15) is 18.4 Å². The number of halogens is 3. The molecule has 8 nitrogen and oxygen atoms in total. The fourth-order valence-corrected chi connectivity index (χ4v) is 5.31. The summed E-state index contributed by atoms with van der Waals surface area (Å²) >= 11 is 0. The van der Waals surface area contributed by atoms with Crippen molar-refractivity contribution in [3.63, 3.8) is 0 Å². The zero-order valence-corrected chi connectivity index (χ0v) is 22.3. The molecule has 0 saturated carbocycles. The van der Waals surface area contributed by atoms with Crippen molar-refractivity contribution < 1.29 is 32.9 Å². The zero-order valence-electron chi connectivity index (χ0n) is 22.3. The van der Waals surface area contributed by atoms with Crippen LogP contribution in [0.15, 0.2) is 42.9 Å². The van der Waals surface area contributed by atoms with Gasteiger partial charge in [-0.3, -0.25) is 4.79 Å². The number of nitriles is 1. The average Bonchev–Trinajstić information content (AvgIpc) is 3.28. The number of hydrogen-bond acceptors (Lipinski definition) is 7. The summed E-state index contributed by atoms with van der Waals surface area (Å²) < 4.78 is 46.0. The number of ketones is 1. The molecule has 40 heavy (non-hydrogen) atoms. The average molecular weight is 557 g/mol. The van der Waals surface area contributed by atoms with Crippen molar-refractivity contribution >= 4 is 16.8 Å². The number of pyridine rings is 1. The van der Waals surface area contributed by atoms with Crippen molar-refractivity contribution in [3.05, 3.63) is 70.7 Å². The highest BCUT2D eigenvalue weighted by molar-refractivity contribution is 5.99. The van der Waals surface area contributed by atoms with Gasteiger partial charge in [0.15, 0.2) is 11.9 Å². The van der Waals surface area contributed by atoms with E-state index in [0.29, 0.717) is 54.0 Å². The van der Waals surface area contributed by atoms with Gasteiger partial charge in [0.05, 0.1) is 30.7 Å². The van der Waals surface area contributed by atoms with Crippen LogP contribution in [0.1, 0.15) is 57.8 Å². The summed E-state index contributed by atoms with van der Waals surface area (Å²) in [5.41, 5.74) is 3.54. The van der Waals surface area contributed by atoms with E-state index in [1.807, 2.05) is 23.9 Å². The number of carbonyl (C=O) groups is 1. The van der Waals surface area contributed by atoms with Crippen LogP contribution in [-0.4, -0.2) is 62.9 Å². The Bertz CT molecular complexity index is 1470. The molecule has 1 fully saturated rings. The van der Waals surface area contributed by atoms with Crippen LogP contribution >= 0.6 is 0 Å². The lowest BCUT2D eigenvalue weighted by atomic mass is 9.88. The van der Waals surface area contributed by atoms with Gasteiger partial charge >= 0.3 is 6.18 Å². The smallest absolute Gasteiger partial charge is 0.414 e. The number of carbonyl (C=O) groups excluding carboxylic acids is 1. The minimum atomic E-state index is -4.69. The van der Waals surface area contributed by atoms with Gasteiger partial charge in [0.1, 0.15) is 11.4 Å². The molecule has 3 aromatic rings. The molecule has 2 aromatic heterocycles. The molecule has 3 heterocycles. The Morgan fingerprint density at radius 1 is 1.30 bits per heavy atom. The molecule has 0 spiro atoms. The normalized spacial score (nSPS) is 15.2. The van der Waals surface area contributed by atoms with Crippen molar-refractivity contribution in [1.82, 2.24) is 14.5 Å². The SMILES string of the molecule is C=C(C[C@@H](O)C(F)(F)F)N1CCC(c2cn(C)c3ncc(CC(=O)c4cc(C#N)cc(CO)c4)c(OC)c23)CC1. The Kier molecular flexibility index (Phi) is 8.51. The van der Waals surface area contributed by atoms with E-state index in [4.69, 9.17) is 4.74 Å². The van der Waals surface area contributed by atoms with Crippen LogP contribution in [-0.2, 0) is 20.1 Å². The second-order valence-electron chi connectivity index (χ2n) is 10.1. The maximum atomic E-state index is 13.2. The fraction of sp³-hybridized carbons (Fsp3) is 0.414. The molecule has 0 radical (unpaired) electrons. The van der Waals surface area contributed by atoms with Crippen LogP contribution in [0.25, 0.3) is 11.0 Å². The molecule has 4 rings (SSSR count). The molecule has 0 aliphatic carbocycles. The van der Waals surface area contributed by atoms with Gasteiger partial charge in [0, 0.05) is 62.2 Å². The number of aliphatic hydroxyl groups is 2. The number of benzene rings is 1. The lowest BCUT2D eigenvalue weighted by molar-refractivity contribution is -0.204. The first-order valence-electron chi connectivity index (χ1n) is 12.8. The largest absolute Gasteiger partial charge is 0.496 e. The van der Waals surface area contributed by atoms with Gasteiger partial charge in [0.2, 0.25) is 0 Å². The molecule has 212 valence electrons. The summed E-state index contributed by atoms with van der Waals surface area (Å²) in [5, 5.41) is 29.0. The third-order valence-electron chi connectivity index (χ3n) is 7.41. The number of Topliss-reactive ketones (excluding diaryl/α,β-unsaturated/α-hetero) is 1. The fourth-order valence-electron chi connectivity index (χ4n) is 5.31. The van der Waals surface area contributed by atoms with E-state index < -0.39 is 18.7 Å². The van der Waals surface area contributed by atoms with Crippen molar-refractivity contribution in [2.45, 2.75) is 50.5 Å². The van der Waals surface area contributed by atoms with Gasteiger partial charge in [-0.25, -0.2) is 4.98 Å². The summed E-state index contributed by atoms with van der Waals surface area (Å²) in [7, 11) is 3.39. The van der Waals surface area contributed by atoms with Crippen LogP contribution < -0.4 is 4.74 Å². The predicted octanol–water partition coefficient (Wildman–Crippen LogP) is 4.38. The number of rotatable bonds is 9. The Balaban J connectivity index is 1.58. The highest BCUT2D eigenvalue weighted by atomic mass is 19.4. The minimum Gasteiger partial charge on any atom is -0.496 e. The van der Waals surface area contributed by atoms with Crippen molar-refractivity contribution in [2.24, 2.45) is 7.05 Å². The quantitative estimate of drug-likeness (QED) is 0.377. The molecule has 1 aliphatic rings. The van der Waals surface area contributed by atoms with E-state index in [1.54, 1.807) is 17.2 Å². The molecule has 1 aliphatic heterocycles. The van der Waals surface area contributed by atoms with E-state index in [-0.39, 0.29) is 36.0 Å². The number of aliphatic hydroxyl groups excluding tert-OH is 2. The number of hydrogen-bond donors (Lipinski definition) is 2. The molecule has 1 atom stereocenters. The van der Waals surface area contributed by atoms with Gasteiger partial charge in [0.25, 0.3) is 0 Å². The van der Waals surface area contributed by atoms with E-state index in [0.717, 1.165) is 10.9 Å². The Morgan fingerprint density at radius 3 is 2.60 bits per heavy atom. The van der Waals surface area contributed by atoms with E-state index in [1.165, 1.54) is 19.2 Å². The Labute approximate surface area is 229 Å². The summed E-state index contributed by atoms with van der Waals surface area (Å²) in [5.74, 6) is 0.339. The van der Waals surface area contributed by atoms with Gasteiger partial charge in [-0.05, 0) is 48.1 Å². The van der Waals surface area contributed by atoms with Gasteiger partial charge in [-0.1, -0.05) is 6.58 Å². The molecule has 11 heteroatoms. The van der Waals surface area contributed by atoms with Crippen LogP contribution in [0.3, 0.4) is 0 Å². The van der Waals surface area contributed by atoms with Crippen LogP contribution in [0.2, 0.25) is 0 Å². The maximum Gasteiger partial charge on any atom is 0.414 e. The zero-order chi connectivity index (χ0) is 29.2. The summed E-state index contributed by atoms with van der Waals surface area (Å²) in [6.07, 6.45) is -2.85. The molecular weight excluding hydrogens is 525 g/mol. The van der Waals surface area contributed by atoms with Crippen LogP contribution in [0.5, 0.6) is 5.75 Å². The monoisotopic (exact) mass is 556 g/mol. The van der Waals surface area contributed by atoms with Crippen molar-refractivity contribution in [1.29, 1.82) is 5.26 Å². The van der Waals surface area contributed by atoms with Crippen LogP contribution in [0, 0.1) is 11.3 Å². The lowest BCUT2D eigenvalue weighted by Gasteiger charge is -2.35. The first-order valence-corrected chi connectivity index (χ1v) is 12.8. The topological polar surface area (TPSA) is 112 Å². The van der Waals surface area contributed by atoms with Crippen molar-refractivity contribution in [3.8, 4) is 11.8 Å². The Morgan fingerprint density at radius 2 is 2.00 bits per heavy atom. The highest BCUT2D eigenvalue weighted by Crippen LogP contribution is 2.40. The lowest BCUT2D eigenvalue weighted by Crippen LogP contribution is -2.36. The Hall–Kier alpha value is -3.88. The molecule has 0 amide bonds. The second-order valence-corrected chi connectivity index (χ2v) is 10.1. The predicted molar refractivity (Wildman–Crippen MR) is 142 cm³/mol. The molecule has 0 unspecified atom stereocenters. The number of alkyl halides is 3. The first-order chi connectivity index (χ1) is 19.0. The second kappa shape index (κ2) is 11.7. The number of fused-ring (bicyclic) bond motifs is 1. The van der Waals surface area contributed by atoms with E-state index in [9.17, 15) is 33.4 Å². The summed E-state index contributed by atoms with van der Waals surface area (Å²) in [4.78, 5) is 19.6. The number of nitrogens with zero attached hydrogens (tertiary/aromatic N) is 4. The number of piperidine rings is 1. The minimum absolute atomic E-state index is 0.0278. The molecule has 2 N–H and O–H groups in total. The molecule has 0 bridgehead atoms. The molecule has 1 aromatic carbocycles. The standard InChI is InChI=1S/C29H31F3N4O4/c1-17(8-25(39)29(30,31)32)36-6-4-20(5-7-36)23-15-35(2)28-26(23)27(40-3)22(14-34-28)12-24(38)21-10-18(13-33)9-19(11-21)16-37/h9-11,14-15,20,25,37,39H,1,4-8,12,16H2,2-3H3/t25-/m1/s1. The molecule has 1 saturated heterocycles. The van der Waals surface area contributed by atoms with E-state index >= 15 is 0 Å². The third-order valence-corrected chi connectivity index (χ3v) is 7.41. The summed E-state index contributed by atoms with van der Waals surface area (Å²) in [6.45, 7) is 4.44. The number of methoxy groups -OCH3 is 1. The highest BCUT2D eigenvalue weighted by Gasteiger charge is 2.39. The molecular formula is C29H31F3N4O4. The van der Waals surface area contributed by atoms with Crippen molar-refractivity contribution in [2.75, 3.05) is 20.2 Å². The number of ether oxygens (including phenoxy) is 1. The van der Waals surface area contributed by atoms with Crippen LogP contribution in [0.4, 0.5) is 13.2 Å². The summed E-state index contributed by atoms with van der Waals surface area (Å²) in [6, 6.07) is 6.58. The number of likely N-dealkylation sites (tertiary alicyclic amines) is 1. The number of aryl methyl sites for hydroxylation is 1. The maximum absolute atomic E-state index is 13.2. The first kappa shape index (κ1) is 29.1. The van der Waals surface area contributed by atoms with E-state index in [2.05, 4.69) is 11.6 Å². The third kappa shape index (κ3) is 5.98. The van der Waals surface area contributed by atoms with Gasteiger partial charge < -0.3 is 24.4 Å². The number of aromatic nitrogens is 2. The van der Waals surface area contributed by atoms with Gasteiger partial charge in [-0.15, -0.1) is 0 Å².